The second-order valence-electron chi connectivity index (χ2n) is 7.43. The van der Waals surface area contributed by atoms with Crippen LogP contribution in [0.2, 0.25) is 0 Å². The number of anilines is 1. The molecule has 0 fully saturated rings. The molecule has 2 aromatic heterocycles. The summed E-state index contributed by atoms with van der Waals surface area (Å²) in [5.74, 6) is 1.65. The first-order valence-corrected chi connectivity index (χ1v) is 10.0. The van der Waals surface area contributed by atoms with Gasteiger partial charge in [0.25, 0.3) is 0 Å². The number of rotatable bonds is 3. The lowest BCUT2D eigenvalue weighted by Gasteiger charge is -2.20. The smallest absolute Gasteiger partial charge is 0.138 e. The normalized spacial score (nSPS) is 14.6. The highest BCUT2D eigenvalue weighted by molar-refractivity contribution is 6.01. The number of fused-ring (bicyclic) bond motifs is 2. The SMILES string of the molecule is c1ccc(Oc2ccc(C3Nc4ccccc4-c4ccnc5[nH]cc3c45)cc2)cc1. The molecule has 144 valence electrons. The molecule has 1 aliphatic heterocycles. The summed E-state index contributed by atoms with van der Waals surface area (Å²) in [7, 11) is 0. The molecule has 0 saturated carbocycles. The zero-order valence-electron chi connectivity index (χ0n) is 16.2. The van der Waals surface area contributed by atoms with Gasteiger partial charge in [-0.15, -0.1) is 0 Å². The van der Waals surface area contributed by atoms with Crippen molar-refractivity contribution in [1.29, 1.82) is 0 Å². The lowest BCUT2D eigenvalue weighted by Crippen LogP contribution is -2.11. The Kier molecular flexibility index (Phi) is 3.81. The fourth-order valence-electron chi connectivity index (χ4n) is 4.23. The third kappa shape index (κ3) is 2.73. The molecule has 4 nitrogen and oxygen atoms in total. The first-order valence-electron chi connectivity index (χ1n) is 10.0. The van der Waals surface area contributed by atoms with Crippen LogP contribution in [-0.2, 0) is 0 Å². The van der Waals surface area contributed by atoms with E-state index in [2.05, 4.69) is 63.9 Å². The fraction of sp³-hybridized carbons (Fsp3) is 0.0385. The summed E-state index contributed by atoms with van der Waals surface area (Å²) >= 11 is 0. The molecule has 4 heteroatoms. The van der Waals surface area contributed by atoms with Gasteiger partial charge in [0.15, 0.2) is 0 Å². The van der Waals surface area contributed by atoms with Crippen molar-refractivity contribution in [2.45, 2.75) is 6.04 Å². The quantitative estimate of drug-likeness (QED) is 0.368. The summed E-state index contributed by atoms with van der Waals surface area (Å²) in [6.45, 7) is 0. The molecule has 6 rings (SSSR count). The average Bonchev–Trinajstić information content (AvgIpc) is 3.17. The highest BCUT2D eigenvalue weighted by atomic mass is 16.5. The second kappa shape index (κ2) is 6.78. The van der Waals surface area contributed by atoms with Crippen LogP contribution in [0.15, 0.2) is 97.3 Å². The van der Waals surface area contributed by atoms with E-state index < -0.39 is 0 Å². The van der Waals surface area contributed by atoms with E-state index in [0.29, 0.717) is 0 Å². The predicted molar refractivity (Wildman–Crippen MR) is 120 cm³/mol. The number of para-hydroxylation sites is 2. The van der Waals surface area contributed by atoms with E-state index in [4.69, 9.17) is 4.74 Å². The highest BCUT2D eigenvalue weighted by Gasteiger charge is 2.25. The van der Waals surface area contributed by atoms with Crippen LogP contribution in [-0.4, -0.2) is 9.97 Å². The number of hydrogen-bond acceptors (Lipinski definition) is 3. The molecule has 0 aliphatic carbocycles. The van der Waals surface area contributed by atoms with Crippen molar-refractivity contribution in [3.63, 3.8) is 0 Å². The van der Waals surface area contributed by atoms with Crippen LogP contribution < -0.4 is 10.1 Å². The second-order valence-corrected chi connectivity index (χ2v) is 7.43. The van der Waals surface area contributed by atoms with E-state index in [9.17, 15) is 0 Å². The Balaban J connectivity index is 1.44. The van der Waals surface area contributed by atoms with E-state index in [-0.39, 0.29) is 6.04 Å². The molecule has 3 heterocycles. The number of ether oxygens (including phenoxy) is 1. The molecule has 0 amide bonds. The van der Waals surface area contributed by atoms with Crippen LogP contribution in [0.3, 0.4) is 0 Å². The monoisotopic (exact) mass is 389 g/mol. The Hall–Kier alpha value is -4.05. The van der Waals surface area contributed by atoms with Gasteiger partial charge < -0.3 is 15.0 Å². The van der Waals surface area contributed by atoms with Crippen molar-refractivity contribution >= 4 is 16.7 Å². The van der Waals surface area contributed by atoms with Crippen LogP contribution in [0, 0.1) is 0 Å². The third-order valence-electron chi connectivity index (χ3n) is 5.62. The van der Waals surface area contributed by atoms with Crippen LogP contribution in [0.1, 0.15) is 17.2 Å². The summed E-state index contributed by atoms with van der Waals surface area (Å²) in [5.41, 5.74) is 6.79. The summed E-state index contributed by atoms with van der Waals surface area (Å²) in [5, 5.41) is 4.92. The molecule has 3 aromatic carbocycles. The van der Waals surface area contributed by atoms with Crippen LogP contribution in [0.4, 0.5) is 5.69 Å². The van der Waals surface area contributed by atoms with Gasteiger partial charge in [0.2, 0.25) is 0 Å². The number of nitrogens with one attached hydrogen (secondary N) is 2. The van der Waals surface area contributed by atoms with Gasteiger partial charge >= 0.3 is 0 Å². The molecule has 0 radical (unpaired) electrons. The van der Waals surface area contributed by atoms with Crippen LogP contribution >= 0.6 is 0 Å². The number of pyridine rings is 1. The minimum atomic E-state index is 0.0103. The topological polar surface area (TPSA) is 49.9 Å². The number of benzene rings is 3. The molecule has 0 spiro atoms. The largest absolute Gasteiger partial charge is 0.457 e. The van der Waals surface area contributed by atoms with Gasteiger partial charge in [-0.1, -0.05) is 48.5 Å². The minimum absolute atomic E-state index is 0.0103. The van der Waals surface area contributed by atoms with Crippen LogP contribution in [0.5, 0.6) is 11.5 Å². The maximum absolute atomic E-state index is 5.96. The lowest BCUT2D eigenvalue weighted by molar-refractivity contribution is 0.482. The zero-order chi connectivity index (χ0) is 19.9. The standard InChI is InChI=1S/C26H19N3O/c1-2-6-18(7-3-1)30-19-12-10-17(11-13-19)25-22-16-28-26-24(22)21(14-15-27-26)20-8-4-5-9-23(20)29-25/h1-16,25,29H,(H,27,28). The Morgan fingerprint density at radius 3 is 2.37 bits per heavy atom. The van der Waals surface area contributed by atoms with Gasteiger partial charge in [0.1, 0.15) is 17.1 Å². The molecule has 1 aliphatic rings. The molecule has 1 unspecified atom stereocenters. The molecule has 5 aromatic rings. The van der Waals surface area contributed by atoms with Crippen molar-refractivity contribution in [1.82, 2.24) is 9.97 Å². The summed E-state index contributed by atoms with van der Waals surface area (Å²) < 4.78 is 5.96. The summed E-state index contributed by atoms with van der Waals surface area (Å²) in [6.07, 6.45) is 3.93. The van der Waals surface area contributed by atoms with Crippen molar-refractivity contribution in [3.8, 4) is 22.6 Å². The molecular weight excluding hydrogens is 370 g/mol. The van der Waals surface area contributed by atoms with E-state index in [0.717, 1.165) is 22.8 Å². The molecule has 0 bridgehead atoms. The first kappa shape index (κ1) is 16.9. The van der Waals surface area contributed by atoms with Crippen LogP contribution in [0.25, 0.3) is 22.2 Å². The highest BCUT2D eigenvalue weighted by Crippen LogP contribution is 2.43. The summed E-state index contributed by atoms with van der Waals surface area (Å²) in [6, 6.07) is 28.7. The van der Waals surface area contributed by atoms with Gasteiger partial charge in [0, 0.05) is 34.6 Å². The molecule has 2 N–H and O–H groups in total. The van der Waals surface area contributed by atoms with Crippen molar-refractivity contribution in [2.24, 2.45) is 0 Å². The number of aromatic amines is 1. The van der Waals surface area contributed by atoms with Gasteiger partial charge in [-0.05, 0) is 47.5 Å². The van der Waals surface area contributed by atoms with Gasteiger partial charge in [0.05, 0.1) is 6.04 Å². The summed E-state index contributed by atoms with van der Waals surface area (Å²) in [4.78, 5) is 7.89. The minimum Gasteiger partial charge on any atom is -0.457 e. The number of hydrogen-bond donors (Lipinski definition) is 2. The van der Waals surface area contributed by atoms with Gasteiger partial charge in [-0.3, -0.25) is 0 Å². The van der Waals surface area contributed by atoms with Crippen molar-refractivity contribution in [3.05, 3.63) is 108 Å². The Labute approximate surface area is 174 Å². The molecular formula is C26H19N3O. The Bertz CT molecular complexity index is 1340. The maximum atomic E-state index is 5.96. The first-order chi connectivity index (χ1) is 14.9. The number of aromatic nitrogens is 2. The fourth-order valence-corrected chi connectivity index (χ4v) is 4.23. The van der Waals surface area contributed by atoms with Gasteiger partial charge in [-0.25, -0.2) is 4.98 Å². The van der Waals surface area contributed by atoms with E-state index in [1.165, 1.54) is 27.6 Å². The maximum Gasteiger partial charge on any atom is 0.138 e. The van der Waals surface area contributed by atoms with E-state index in [1.807, 2.05) is 48.7 Å². The predicted octanol–water partition coefficient (Wildman–Crippen LogP) is 6.54. The molecule has 1 atom stereocenters. The van der Waals surface area contributed by atoms with E-state index in [1.54, 1.807) is 0 Å². The van der Waals surface area contributed by atoms with E-state index >= 15 is 0 Å². The lowest BCUT2D eigenvalue weighted by atomic mass is 9.97. The molecule has 0 saturated heterocycles. The Morgan fingerprint density at radius 2 is 1.50 bits per heavy atom. The third-order valence-corrected chi connectivity index (χ3v) is 5.62. The average molecular weight is 389 g/mol. The van der Waals surface area contributed by atoms with Crippen molar-refractivity contribution < 1.29 is 4.74 Å². The zero-order valence-corrected chi connectivity index (χ0v) is 16.2. The van der Waals surface area contributed by atoms with Crippen molar-refractivity contribution in [2.75, 3.05) is 5.32 Å². The number of nitrogens with zero attached hydrogens (tertiary/aromatic N) is 1. The Morgan fingerprint density at radius 1 is 0.733 bits per heavy atom. The van der Waals surface area contributed by atoms with Gasteiger partial charge in [-0.2, -0.15) is 0 Å². The molecule has 30 heavy (non-hydrogen) atoms. The number of H-pyrrole nitrogens is 1.